The zero-order valence-corrected chi connectivity index (χ0v) is 16.6. The van der Waals surface area contributed by atoms with Crippen molar-refractivity contribution in [1.82, 2.24) is 4.90 Å². The topological polar surface area (TPSA) is 96.3 Å². The Labute approximate surface area is 174 Å². The summed E-state index contributed by atoms with van der Waals surface area (Å²) in [5, 5.41) is 20.6. The molecule has 2 heterocycles. The minimum atomic E-state index is -1.38. The van der Waals surface area contributed by atoms with Gasteiger partial charge in [-0.15, -0.1) is 0 Å². The summed E-state index contributed by atoms with van der Waals surface area (Å²) < 4.78 is 10.6. The van der Waals surface area contributed by atoms with Crippen LogP contribution in [-0.2, 0) is 11.2 Å². The van der Waals surface area contributed by atoms with Crippen LogP contribution in [0.2, 0.25) is 0 Å². The number of hydrogen-bond donors (Lipinski definition) is 2. The molecule has 1 fully saturated rings. The molecule has 2 aliphatic heterocycles. The number of nitrogens with zero attached hydrogens (tertiary/aromatic N) is 1. The number of benzene rings is 2. The number of likely N-dealkylation sites (tertiary alicyclic amines) is 1. The minimum Gasteiger partial charge on any atom is -0.481 e. The molecule has 2 aliphatic rings. The molecule has 0 aliphatic carbocycles. The molecule has 30 heavy (non-hydrogen) atoms. The number of aryl methyl sites for hydroxylation is 1. The van der Waals surface area contributed by atoms with Gasteiger partial charge in [-0.3, -0.25) is 9.59 Å². The van der Waals surface area contributed by atoms with Crippen LogP contribution in [0.25, 0.3) is 0 Å². The van der Waals surface area contributed by atoms with Gasteiger partial charge in [-0.1, -0.05) is 30.3 Å². The van der Waals surface area contributed by atoms with E-state index in [1.165, 1.54) is 4.90 Å². The molecule has 0 aromatic heterocycles. The summed E-state index contributed by atoms with van der Waals surface area (Å²) >= 11 is 0. The Balaban J connectivity index is 1.49. The maximum absolute atomic E-state index is 13.1. The van der Waals surface area contributed by atoms with Crippen molar-refractivity contribution in [3.63, 3.8) is 0 Å². The van der Waals surface area contributed by atoms with E-state index in [2.05, 4.69) is 0 Å². The first-order valence-electron chi connectivity index (χ1n) is 10.1. The Hall–Kier alpha value is -3.06. The van der Waals surface area contributed by atoms with Gasteiger partial charge in [0, 0.05) is 18.7 Å². The first-order chi connectivity index (χ1) is 14.5. The number of piperidine rings is 1. The van der Waals surface area contributed by atoms with E-state index in [0.29, 0.717) is 36.4 Å². The number of carboxylic acids is 1. The number of carbonyl (C=O) groups is 2. The second-order valence-corrected chi connectivity index (χ2v) is 7.90. The van der Waals surface area contributed by atoms with Gasteiger partial charge in [-0.2, -0.15) is 0 Å². The molecule has 2 atom stereocenters. The van der Waals surface area contributed by atoms with Crippen molar-refractivity contribution in [2.75, 3.05) is 19.9 Å². The molecule has 7 nitrogen and oxygen atoms in total. The minimum absolute atomic E-state index is 0.0223. The Morgan fingerprint density at radius 2 is 1.87 bits per heavy atom. The monoisotopic (exact) mass is 411 g/mol. The molecule has 7 heteroatoms. The fourth-order valence-electron chi connectivity index (χ4n) is 4.28. The van der Waals surface area contributed by atoms with Crippen LogP contribution in [0.5, 0.6) is 11.5 Å². The highest BCUT2D eigenvalue weighted by molar-refractivity contribution is 5.95. The summed E-state index contributed by atoms with van der Waals surface area (Å²) in [5.41, 5.74) is 0.162. The van der Waals surface area contributed by atoms with E-state index in [1.54, 1.807) is 18.2 Å². The van der Waals surface area contributed by atoms with Crippen LogP contribution >= 0.6 is 0 Å². The number of amides is 1. The molecule has 1 saturated heterocycles. The molecule has 0 saturated carbocycles. The maximum atomic E-state index is 13.1. The molecule has 2 aromatic carbocycles. The van der Waals surface area contributed by atoms with Crippen LogP contribution < -0.4 is 9.47 Å². The molecule has 2 aromatic rings. The lowest BCUT2D eigenvalue weighted by molar-refractivity contribution is -0.162. The van der Waals surface area contributed by atoms with Gasteiger partial charge in [0.05, 0.1) is 6.10 Å². The van der Waals surface area contributed by atoms with Gasteiger partial charge in [0.15, 0.2) is 11.5 Å². The maximum Gasteiger partial charge on any atom is 0.314 e. The van der Waals surface area contributed by atoms with Gasteiger partial charge in [0.25, 0.3) is 5.91 Å². The van der Waals surface area contributed by atoms with E-state index in [1.807, 2.05) is 30.3 Å². The van der Waals surface area contributed by atoms with Gasteiger partial charge in [-0.25, -0.2) is 0 Å². The first kappa shape index (κ1) is 20.2. The molecule has 2 N–H and O–H groups in total. The smallest absolute Gasteiger partial charge is 0.314 e. The zero-order valence-electron chi connectivity index (χ0n) is 16.6. The highest BCUT2D eigenvalue weighted by atomic mass is 16.7. The number of ether oxygens (including phenoxy) is 2. The van der Waals surface area contributed by atoms with E-state index < -0.39 is 17.5 Å². The molecule has 0 spiro atoms. The predicted molar refractivity (Wildman–Crippen MR) is 109 cm³/mol. The molecule has 158 valence electrons. The number of rotatable bonds is 6. The van der Waals surface area contributed by atoms with Crippen molar-refractivity contribution in [3.05, 3.63) is 59.7 Å². The fraction of sp³-hybridized carbons (Fsp3) is 0.391. The lowest BCUT2D eigenvalue weighted by Crippen LogP contribution is -2.57. The van der Waals surface area contributed by atoms with Crippen LogP contribution in [0, 0.1) is 5.41 Å². The third kappa shape index (κ3) is 3.85. The van der Waals surface area contributed by atoms with E-state index in [-0.39, 0.29) is 25.7 Å². The van der Waals surface area contributed by atoms with Crippen LogP contribution in [0.1, 0.15) is 35.2 Å². The largest absolute Gasteiger partial charge is 0.481 e. The van der Waals surface area contributed by atoms with E-state index >= 15 is 0 Å². The normalized spacial score (nSPS) is 22.7. The number of carbonyl (C=O) groups excluding carboxylic acids is 1. The van der Waals surface area contributed by atoms with Crippen molar-refractivity contribution >= 4 is 11.9 Å². The van der Waals surface area contributed by atoms with Gasteiger partial charge >= 0.3 is 5.97 Å². The third-order valence-electron chi connectivity index (χ3n) is 6.05. The Morgan fingerprint density at radius 1 is 1.10 bits per heavy atom. The van der Waals surface area contributed by atoms with Crippen molar-refractivity contribution < 1.29 is 29.3 Å². The number of aliphatic hydroxyl groups is 1. The van der Waals surface area contributed by atoms with Crippen molar-refractivity contribution in [3.8, 4) is 11.5 Å². The standard InChI is InChI=1S/C23H25NO6/c25-20-10-12-24(21(26)17-8-9-18-19(13-17)30-15-29-18)14-23(20,22(27)28)11-4-7-16-5-2-1-3-6-16/h1-3,5-6,8-9,13,20,25H,4,7,10-12,14-15H2,(H,27,28)/t20-,23-/m1/s1. The van der Waals surface area contributed by atoms with E-state index in [9.17, 15) is 19.8 Å². The number of fused-ring (bicyclic) bond motifs is 1. The number of aliphatic carboxylic acids is 1. The lowest BCUT2D eigenvalue weighted by atomic mass is 9.73. The third-order valence-corrected chi connectivity index (χ3v) is 6.05. The lowest BCUT2D eigenvalue weighted by Gasteiger charge is -2.43. The quantitative estimate of drug-likeness (QED) is 0.759. The summed E-state index contributed by atoms with van der Waals surface area (Å²) in [6.45, 7) is 0.403. The predicted octanol–water partition coefficient (Wildman–Crippen LogP) is 2.72. The van der Waals surface area contributed by atoms with Crippen molar-refractivity contribution in [2.24, 2.45) is 5.41 Å². The van der Waals surface area contributed by atoms with Crippen molar-refractivity contribution in [1.29, 1.82) is 0 Å². The summed E-state index contributed by atoms with van der Waals surface area (Å²) in [5.74, 6) is -0.244. The SMILES string of the molecule is O=C(c1ccc2c(c1)OCO2)N1CC[C@@H](O)[C@](CCCc2ccccc2)(C(=O)O)C1. The molecule has 0 radical (unpaired) electrons. The van der Waals surface area contributed by atoms with Gasteiger partial charge in [0.2, 0.25) is 6.79 Å². The number of aliphatic hydroxyl groups excluding tert-OH is 1. The van der Waals surface area contributed by atoms with E-state index in [0.717, 1.165) is 12.0 Å². The van der Waals surface area contributed by atoms with Crippen molar-refractivity contribution in [2.45, 2.75) is 31.8 Å². The molecule has 0 bridgehead atoms. The molecular weight excluding hydrogens is 386 g/mol. The summed E-state index contributed by atoms with van der Waals surface area (Å²) in [6.07, 6.45) is 0.863. The molecular formula is C23H25NO6. The molecule has 0 unspecified atom stereocenters. The molecule has 1 amide bonds. The van der Waals surface area contributed by atoms with Crippen LogP contribution in [0.4, 0.5) is 0 Å². The highest BCUT2D eigenvalue weighted by Gasteiger charge is 2.49. The Bertz CT molecular complexity index is 931. The Morgan fingerprint density at radius 3 is 2.63 bits per heavy atom. The summed E-state index contributed by atoms with van der Waals surface area (Å²) in [4.78, 5) is 26.8. The average molecular weight is 411 g/mol. The van der Waals surface area contributed by atoms with Gasteiger partial charge < -0.3 is 24.6 Å². The van der Waals surface area contributed by atoms with Crippen LogP contribution in [0.3, 0.4) is 0 Å². The fourth-order valence-corrected chi connectivity index (χ4v) is 4.28. The van der Waals surface area contributed by atoms with Gasteiger partial charge in [0.1, 0.15) is 5.41 Å². The van der Waals surface area contributed by atoms with E-state index in [4.69, 9.17) is 9.47 Å². The summed E-state index contributed by atoms with van der Waals surface area (Å²) in [6, 6.07) is 14.8. The van der Waals surface area contributed by atoms with Crippen LogP contribution in [-0.4, -0.2) is 53.0 Å². The summed E-state index contributed by atoms with van der Waals surface area (Å²) in [7, 11) is 0. The Kier molecular flexibility index (Phi) is 5.63. The van der Waals surface area contributed by atoms with Gasteiger partial charge in [-0.05, 0) is 49.4 Å². The first-order valence-corrected chi connectivity index (χ1v) is 10.1. The molecule has 4 rings (SSSR count). The second-order valence-electron chi connectivity index (χ2n) is 7.90. The average Bonchev–Trinajstić information content (AvgIpc) is 3.23. The number of hydrogen-bond acceptors (Lipinski definition) is 5. The van der Waals surface area contributed by atoms with Crippen LogP contribution in [0.15, 0.2) is 48.5 Å². The zero-order chi connectivity index (χ0) is 21.1. The second kappa shape index (κ2) is 8.36. The number of carboxylic acid groups (broad SMARTS) is 1. The highest BCUT2D eigenvalue weighted by Crippen LogP contribution is 2.38.